The van der Waals surface area contributed by atoms with Crippen molar-refractivity contribution in [1.29, 1.82) is 0 Å². The second kappa shape index (κ2) is 10.3. The van der Waals surface area contributed by atoms with Gasteiger partial charge in [-0.05, 0) is 54.1 Å². The number of halogens is 2. The number of amides is 2. The molecule has 33 heavy (non-hydrogen) atoms. The second-order valence-corrected chi connectivity index (χ2v) is 7.96. The van der Waals surface area contributed by atoms with Crippen LogP contribution in [0.15, 0.2) is 72.8 Å². The molecular weight excluding hydrogens is 443 g/mol. The van der Waals surface area contributed by atoms with Crippen LogP contribution in [0, 0.1) is 5.82 Å². The van der Waals surface area contributed by atoms with Crippen molar-refractivity contribution in [3.05, 3.63) is 101 Å². The summed E-state index contributed by atoms with van der Waals surface area (Å²) in [6, 6.07) is 20.2. The van der Waals surface area contributed by atoms with Gasteiger partial charge in [0.2, 0.25) is 5.91 Å². The number of rotatable bonds is 8. The van der Waals surface area contributed by atoms with Crippen LogP contribution in [0.4, 0.5) is 4.39 Å². The van der Waals surface area contributed by atoms with Gasteiger partial charge in [-0.1, -0.05) is 35.9 Å². The maximum Gasteiger partial charge on any atom is 0.251 e. The molecule has 0 spiro atoms. The number of carbonyl (C=O) groups excluding carboxylic acids is 2. The molecule has 2 amide bonds. The molecule has 6 nitrogen and oxygen atoms in total. The van der Waals surface area contributed by atoms with E-state index < -0.39 is 0 Å². The summed E-state index contributed by atoms with van der Waals surface area (Å²) in [4.78, 5) is 29.6. The van der Waals surface area contributed by atoms with E-state index in [2.05, 4.69) is 15.6 Å². The third kappa shape index (κ3) is 5.75. The van der Waals surface area contributed by atoms with Crippen molar-refractivity contribution >= 4 is 34.4 Å². The maximum absolute atomic E-state index is 13.1. The maximum atomic E-state index is 13.1. The van der Waals surface area contributed by atoms with E-state index in [9.17, 15) is 14.0 Å². The standard InChI is InChI=1S/C25H22ClFN4O2/c26-19-9-7-18(8-10-19)25(33)28-14-13-23-30-21-3-1-2-4-22(21)31(23)16-24(32)29-15-17-5-11-20(27)12-6-17/h1-12H,13-16H2,(H,28,33)(H,29,32). The predicted octanol–water partition coefficient (Wildman–Crippen LogP) is 4.12. The number of fused-ring (bicyclic) bond motifs is 1. The molecule has 1 aromatic heterocycles. The second-order valence-electron chi connectivity index (χ2n) is 7.52. The summed E-state index contributed by atoms with van der Waals surface area (Å²) in [5, 5.41) is 6.30. The van der Waals surface area contributed by atoms with Crippen molar-refractivity contribution in [2.75, 3.05) is 6.54 Å². The third-order valence-corrected chi connectivity index (χ3v) is 5.43. The van der Waals surface area contributed by atoms with Crippen LogP contribution in [-0.4, -0.2) is 27.9 Å². The minimum absolute atomic E-state index is 0.0855. The number of benzene rings is 3. The minimum atomic E-state index is -0.317. The molecule has 8 heteroatoms. The fourth-order valence-electron chi connectivity index (χ4n) is 3.49. The van der Waals surface area contributed by atoms with E-state index in [1.54, 1.807) is 36.4 Å². The molecule has 0 atom stereocenters. The zero-order valence-corrected chi connectivity index (χ0v) is 18.5. The van der Waals surface area contributed by atoms with Crippen LogP contribution in [0.2, 0.25) is 5.02 Å². The average molecular weight is 465 g/mol. The van der Waals surface area contributed by atoms with E-state index in [4.69, 9.17) is 11.6 Å². The molecule has 0 saturated heterocycles. The molecule has 4 aromatic rings. The van der Waals surface area contributed by atoms with Gasteiger partial charge < -0.3 is 15.2 Å². The van der Waals surface area contributed by atoms with Crippen molar-refractivity contribution in [3.63, 3.8) is 0 Å². The minimum Gasteiger partial charge on any atom is -0.352 e. The SMILES string of the molecule is O=C(Cn1c(CCNC(=O)c2ccc(Cl)cc2)nc2ccccc21)NCc1ccc(F)cc1. The van der Waals surface area contributed by atoms with Gasteiger partial charge in [-0.3, -0.25) is 9.59 Å². The molecule has 0 bridgehead atoms. The van der Waals surface area contributed by atoms with Crippen molar-refractivity contribution in [1.82, 2.24) is 20.2 Å². The lowest BCUT2D eigenvalue weighted by Crippen LogP contribution is -2.29. The Morgan fingerprint density at radius 1 is 0.939 bits per heavy atom. The quantitative estimate of drug-likeness (QED) is 0.412. The first-order valence-corrected chi connectivity index (χ1v) is 10.9. The zero-order chi connectivity index (χ0) is 23.2. The smallest absolute Gasteiger partial charge is 0.251 e. The molecule has 0 saturated carbocycles. The number of para-hydroxylation sites is 2. The van der Waals surface area contributed by atoms with E-state index in [-0.39, 0.29) is 24.2 Å². The summed E-state index contributed by atoms with van der Waals surface area (Å²) in [5.41, 5.74) is 2.95. The summed E-state index contributed by atoms with van der Waals surface area (Å²) in [6.07, 6.45) is 0.458. The lowest BCUT2D eigenvalue weighted by atomic mass is 10.2. The van der Waals surface area contributed by atoms with Gasteiger partial charge in [-0.2, -0.15) is 0 Å². The first kappa shape index (κ1) is 22.5. The van der Waals surface area contributed by atoms with E-state index in [0.717, 1.165) is 16.6 Å². The number of nitrogens with zero attached hydrogens (tertiary/aromatic N) is 2. The Labute approximate surface area is 195 Å². The molecule has 0 unspecified atom stereocenters. The molecule has 168 valence electrons. The first-order chi connectivity index (χ1) is 16.0. The zero-order valence-electron chi connectivity index (χ0n) is 17.7. The Morgan fingerprint density at radius 3 is 2.42 bits per heavy atom. The summed E-state index contributed by atoms with van der Waals surface area (Å²) in [7, 11) is 0. The monoisotopic (exact) mass is 464 g/mol. The van der Waals surface area contributed by atoms with Gasteiger partial charge >= 0.3 is 0 Å². The molecule has 1 heterocycles. The lowest BCUT2D eigenvalue weighted by molar-refractivity contribution is -0.121. The van der Waals surface area contributed by atoms with E-state index >= 15 is 0 Å². The first-order valence-electron chi connectivity index (χ1n) is 10.5. The van der Waals surface area contributed by atoms with Crippen LogP contribution >= 0.6 is 11.6 Å². The van der Waals surface area contributed by atoms with Gasteiger partial charge in [0.1, 0.15) is 18.2 Å². The summed E-state index contributed by atoms with van der Waals surface area (Å²) in [5.74, 6) is -0.00686. The van der Waals surface area contributed by atoms with Crippen molar-refractivity contribution in [3.8, 4) is 0 Å². The number of hydrogen-bond acceptors (Lipinski definition) is 3. The van der Waals surface area contributed by atoms with Crippen LogP contribution in [0.3, 0.4) is 0 Å². The van der Waals surface area contributed by atoms with Crippen LogP contribution in [0.5, 0.6) is 0 Å². The number of hydrogen-bond donors (Lipinski definition) is 2. The highest BCUT2D eigenvalue weighted by molar-refractivity contribution is 6.30. The number of carbonyl (C=O) groups is 2. The lowest BCUT2D eigenvalue weighted by Gasteiger charge is -2.11. The van der Waals surface area contributed by atoms with E-state index in [0.29, 0.717) is 35.9 Å². The van der Waals surface area contributed by atoms with Crippen molar-refractivity contribution < 1.29 is 14.0 Å². The van der Waals surface area contributed by atoms with Crippen molar-refractivity contribution in [2.45, 2.75) is 19.5 Å². The summed E-state index contributed by atoms with van der Waals surface area (Å²) >= 11 is 5.87. The van der Waals surface area contributed by atoms with E-state index in [1.807, 2.05) is 28.8 Å². The van der Waals surface area contributed by atoms with Gasteiger partial charge in [0.05, 0.1) is 11.0 Å². The molecule has 3 aromatic carbocycles. The molecule has 2 N–H and O–H groups in total. The molecule has 0 aliphatic heterocycles. The largest absolute Gasteiger partial charge is 0.352 e. The Hall–Kier alpha value is -3.71. The number of imidazole rings is 1. The Kier molecular flexibility index (Phi) is 7.00. The number of aromatic nitrogens is 2. The van der Waals surface area contributed by atoms with Crippen LogP contribution in [0.1, 0.15) is 21.7 Å². The molecule has 0 fully saturated rings. The molecular formula is C25H22ClFN4O2. The van der Waals surface area contributed by atoms with Crippen molar-refractivity contribution in [2.24, 2.45) is 0 Å². The van der Waals surface area contributed by atoms with Crippen LogP contribution in [0.25, 0.3) is 11.0 Å². The van der Waals surface area contributed by atoms with Crippen LogP contribution in [-0.2, 0) is 24.3 Å². The van der Waals surface area contributed by atoms with Gasteiger partial charge in [0, 0.05) is 30.1 Å². The highest BCUT2D eigenvalue weighted by atomic mass is 35.5. The van der Waals surface area contributed by atoms with E-state index in [1.165, 1.54) is 12.1 Å². The van der Waals surface area contributed by atoms with Gasteiger partial charge in [-0.15, -0.1) is 0 Å². The van der Waals surface area contributed by atoms with Gasteiger partial charge in [0.25, 0.3) is 5.91 Å². The number of nitrogens with one attached hydrogen (secondary N) is 2. The van der Waals surface area contributed by atoms with Gasteiger partial charge in [-0.25, -0.2) is 9.37 Å². The predicted molar refractivity (Wildman–Crippen MR) is 125 cm³/mol. The van der Waals surface area contributed by atoms with Gasteiger partial charge in [0.15, 0.2) is 0 Å². The highest BCUT2D eigenvalue weighted by Gasteiger charge is 2.14. The molecule has 0 aliphatic rings. The summed E-state index contributed by atoms with van der Waals surface area (Å²) in [6.45, 7) is 0.752. The summed E-state index contributed by atoms with van der Waals surface area (Å²) < 4.78 is 14.9. The third-order valence-electron chi connectivity index (χ3n) is 5.18. The molecule has 4 rings (SSSR count). The normalized spacial score (nSPS) is 10.8. The Balaban J connectivity index is 1.41. The topological polar surface area (TPSA) is 76.0 Å². The fraction of sp³-hybridized carbons (Fsp3) is 0.160. The highest BCUT2D eigenvalue weighted by Crippen LogP contribution is 2.16. The fourth-order valence-corrected chi connectivity index (χ4v) is 3.61. The Bertz CT molecular complexity index is 1270. The van der Waals surface area contributed by atoms with Crippen LogP contribution < -0.4 is 10.6 Å². The molecule has 0 radical (unpaired) electrons. The molecule has 0 aliphatic carbocycles. The average Bonchev–Trinajstić information content (AvgIpc) is 3.16. The Morgan fingerprint density at radius 2 is 1.67 bits per heavy atom.